The molecule has 19 heavy (non-hydrogen) atoms. The Labute approximate surface area is 118 Å². The predicted molar refractivity (Wildman–Crippen MR) is 75.1 cm³/mol. The van der Waals surface area contributed by atoms with Crippen molar-refractivity contribution in [2.45, 2.75) is 19.9 Å². The Morgan fingerprint density at radius 3 is 3.00 bits per heavy atom. The highest BCUT2D eigenvalue weighted by Crippen LogP contribution is 2.12. The summed E-state index contributed by atoms with van der Waals surface area (Å²) < 4.78 is 3.55. The third-order valence-electron chi connectivity index (χ3n) is 2.84. The number of rotatable bonds is 3. The van der Waals surface area contributed by atoms with Crippen LogP contribution in [0.25, 0.3) is 4.96 Å². The number of fused-ring (bicyclic) bond motifs is 1. The summed E-state index contributed by atoms with van der Waals surface area (Å²) in [6.07, 6.45) is 4.52. The second-order valence-corrected chi connectivity index (χ2v) is 5.36. The molecule has 0 atom stereocenters. The van der Waals surface area contributed by atoms with Gasteiger partial charge in [0.2, 0.25) is 0 Å². The molecular formula is C12H11ClN4OS. The molecule has 3 rings (SSSR count). The second-order valence-electron chi connectivity index (χ2n) is 4.10. The fourth-order valence-electron chi connectivity index (χ4n) is 1.98. The zero-order chi connectivity index (χ0) is 13.4. The molecule has 98 valence electrons. The van der Waals surface area contributed by atoms with Gasteiger partial charge in [0.1, 0.15) is 11.0 Å². The maximum absolute atomic E-state index is 12.0. The van der Waals surface area contributed by atoms with Crippen molar-refractivity contribution >= 4 is 27.9 Å². The zero-order valence-electron chi connectivity index (χ0n) is 10.2. The topological polar surface area (TPSA) is 52.2 Å². The predicted octanol–water partition coefficient (Wildman–Crippen LogP) is 2.22. The lowest BCUT2D eigenvalue weighted by atomic mass is 10.4. The molecule has 0 aromatic carbocycles. The SMILES string of the molecule is CCc1nc(Cl)cc(=O)n1Cc1cn2ccsc2n1. The van der Waals surface area contributed by atoms with E-state index in [2.05, 4.69) is 9.97 Å². The van der Waals surface area contributed by atoms with Crippen LogP contribution >= 0.6 is 22.9 Å². The van der Waals surface area contributed by atoms with Gasteiger partial charge in [-0.1, -0.05) is 18.5 Å². The quantitative estimate of drug-likeness (QED) is 0.696. The molecule has 0 fully saturated rings. The third kappa shape index (κ3) is 2.29. The van der Waals surface area contributed by atoms with Gasteiger partial charge in [0.25, 0.3) is 5.56 Å². The normalized spacial score (nSPS) is 11.3. The molecule has 3 heterocycles. The number of nitrogens with zero attached hydrogens (tertiary/aromatic N) is 4. The van der Waals surface area contributed by atoms with E-state index in [-0.39, 0.29) is 10.7 Å². The minimum Gasteiger partial charge on any atom is -0.297 e. The van der Waals surface area contributed by atoms with Crippen molar-refractivity contribution in [1.29, 1.82) is 0 Å². The van der Waals surface area contributed by atoms with Crippen LogP contribution in [-0.2, 0) is 13.0 Å². The van der Waals surface area contributed by atoms with Gasteiger partial charge in [-0.15, -0.1) is 11.3 Å². The highest BCUT2D eigenvalue weighted by Gasteiger charge is 2.09. The minimum atomic E-state index is -0.145. The molecule has 0 aliphatic carbocycles. The van der Waals surface area contributed by atoms with Crippen molar-refractivity contribution in [3.05, 3.63) is 50.9 Å². The van der Waals surface area contributed by atoms with Gasteiger partial charge >= 0.3 is 0 Å². The van der Waals surface area contributed by atoms with Gasteiger partial charge in [-0.2, -0.15) is 0 Å². The molecule has 7 heteroatoms. The lowest BCUT2D eigenvalue weighted by Crippen LogP contribution is -2.24. The van der Waals surface area contributed by atoms with E-state index in [0.29, 0.717) is 18.8 Å². The van der Waals surface area contributed by atoms with Crippen molar-refractivity contribution in [3.8, 4) is 0 Å². The minimum absolute atomic E-state index is 0.145. The van der Waals surface area contributed by atoms with Crippen LogP contribution in [-0.4, -0.2) is 18.9 Å². The van der Waals surface area contributed by atoms with E-state index in [1.54, 1.807) is 15.9 Å². The monoisotopic (exact) mass is 294 g/mol. The first-order valence-electron chi connectivity index (χ1n) is 5.84. The Balaban J connectivity index is 2.03. The average molecular weight is 295 g/mol. The first-order valence-corrected chi connectivity index (χ1v) is 7.10. The maximum Gasteiger partial charge on any atom is 0.255 e. The number of hydrogen-bond acceptors (Lipinski definition) is 4. The fraction of sp³-hybridized carbons (Fsp3) is 0.250. The third-order valence-corrected chi connectivity index (χ3v) is 3.80. The van der Waals surface area contributed by atoms with Gasteiger partial charge in [0.05, 0.1) is 12.2 Å². The molecule has 0 spiro atoms. The summed E-state index contributed by atoms with van der Waals surface area (Å²) in [5, 5.41) is 2.21. The second kappa shape index (κ2) is 4.79. The van der Waals surface area contributed by atoms with Crippen molar-refractivity contribution in [2.24, 2.45) is 0 Å². The van der Waals surface area contributed by atoms with E-state index in [1.807, 2.05) is 29.1 Å². The first-order chi connectivity index (χ1) is 9.17. The molecule has 0 saturated carbocycles. The lowest BCUT2D eigenvalue weighted by Gasteiger charge is -2.08. The van der Waals surface area contributed by atoms with E-state index >= 15 is 0 Å². The Morgan fingerprint density at radius 2 is 2.26 bits per heavy atom. The summed E-state index contributed by atoms with van der Waals surface area (Å²) in [6.45, 7) is 2.36. The van der Waals surface area contributed by atoms with Crippen molar-refractivity contribution in [3.63, 3.8) is 0 Å². The number of aromatic nitrogens is 4. The van der Waals surface area contributed by atoms with Crippen molar-refractivity contribution in [2.75, 3.05) is 0 Å². The van der Waals surface area contributed by atoms with Crippen LogP contribution < -0.4 is 5.56 Å². The summed E-state index contributed by atoms with van der Waals surface area (Å²) in [6, 6.07) is 1.33. The van der Waals surface area contributed by atoms with Gasteiger partial charge in [0, 0.05) is 30.3 Å². The summed E-state index contributed by atoms with van der Waals surface area (Å²) in [5.41, 5.74) is 0.695. The van der Waals surface area contributed by atoms with E-state index < -0.39 is 0 Å². The maximum atomic E-state index is 12.0. The molecule has 3 aromatic heterocycles. The van der Waals surface area contributed by atoms with Crippen LogP contribution in [0.4, 0.5) is 0 Å². The summed E-state index contributed by atoms with van der Waals surface area (Å²) in [7, 11) is 0. The van der Waals surface area contributed by atoms with Crippen LogP contribution in [0.1, 0.15) is 18.4 Å². The average Bonchev–Trinajstić information content (AvgIpc) is 2.92. The summed E-state index contributed by atoms with van der Waals surface area (Å²) in [5.74, 6) is 0.675. The van der Waals surface area contributed by atoms with Gasteiger partial charge in [-0.25, -0.2) is 9.97 Å². The number of halogens is 1. The van der Waals surface area contributed by atoms with Gasteiger partial charge in [0.15, 0.2) is 4.96 Å². The van der Waals surface area contributed by atoms with Crippen molar-refractivity contribution < 1.29 is 0 Å². The molecule has 0 unspecified atom stereocenters. The van der Waals surface area contributed by atoms with E-state index in [0.717, 1.165) is 10.7 Å². The molecule has 0 bridgehead atoms. The number of aryl methyl sites for hydroxylation is 1. The smallest absolute Gasteiger partial charge is 0.255 e. The Morgan fingerprint density at radius 1 is 1.42 bits per heavy atom. The van der Waals surface area contributed by atoms with E-state index in [9.17, 15) is 4.79 Å². The standard InChI is InChI=1S/C12H11ClN4OS/c1-2-10-15-9(13)5-11(18)17(10)7-8-6-16-3-4-19-12(16)14-8/h3-6H,2,7H2,1H3. The summed E-state index contributed by atoms with van der Waals surface area (Å²) >= 11 is 7.37. The van der Waals surface area contributed by atoms with Crippen LogP contribution in [0.2, 0.25) is 5.15 Å². The molecular weight excluding hydrogens is 284 g/mol. The van der Waals surface area contributed by atoms with Crippen LogP contribution in [0, 0.1) is 0 Å². The molecule has 5 nitrogen and oxygen atoms in total. The molecule has 0 amide bonds. The number of hydrogen-bond donors (Lipinski definition) is 0. The van der Waals surface area contributed by atoms with E-state index in [1.165, 1.54) is 6.07 Å². The van der Waals surface area contributed by atoms with Gasteiger partial charge < -0.3 is 0 Å². The van der Waals surface area contributed by atoms with Gasteiger partial charge in [-0.3, -0.25) is 13.8 Å². The molecule has 0 aliphatic rings. The van der Waals surface area contributed by atoms with Gasteiger partial charge in [-0.05, 0) is 0 Å². The highest BCUT2D eigenvalue weighted by molar-refractivity contribution is 7.15. The Kier molecular flexibility index (Phi) is 3.12. The molecule has 0 aliphatic heterocycles. The number of thiazole rings is 1. The van der Waals surface area contributed by atoms with Crippen molar-refractivity contribution in [1.82, 2.24) is 18.9 Å². The fourth-order valence-corrected chi connectivity index (χ4v) is 2.89. The number of imidazole rings is 1. The largest absolute Gasteiger partial charge is 0.297 e. The van der Waals surface area contributed by atoms with Crippen LogP contribution in [0.3, 0.4) is 0 Å². The first kappa shape index (κ1) is 12.4. The van der Waals surface area contributed by atoms with Crippen LogP contribution in [0.15, 0.2) is 28.6 Å². The molecule has 0 radical (unpaired) electrons. The molecule has 0 N–H and O–H groups in total. The Hall–Kier alpha value is -1.66. The highest BCUT2D eigenvalue weighted by atomic mass is 35.5. The Bertz CT molecular complexity index is 760. The summed E-state index contributed by atoms with van der Waals surface area (Å²) in [4.78, 5) is 21.6. The lowest BCUT2D eigenvalue weighted by molar-refractivity contribution is 0.666. The van der Waals surface area contributed by atoms with E-state index in [4.69, 9.17) is 11.6 Å². The molecule has 3 aromatic rings. The van der Waals surface area contributed by atoms with Crippen LogP contribution in [0.5, 0.6) is 0 Å². The zero-order valence-corrected chi connectivity index (χ0v) is 11.8. The molecule has 0 saturated heterocycles.